The van der Waals surface area contributed by atoms with E-state index in [1.165, 1.54) is 0 Å². The Morgan fingerprint density at radius 3 is 2.69 bits per heavy atom. The molecule has 0 spiro atoms. The van der Waals surface area contributed by atoms with E-state index in [2.05, 4.69) is 10.6 Å². The molecular formula is C10H17Cl2N3O. The van der Waals surface area contributed by atoms with Crippen molar-refractivity contribution in [1.29, 1.82) is 0 Å². The van der Waals surface area contributed by atoms with Crippen molar-refractivity contribution >= 4 is 29.9 Å². The van der Waals surface area contributed by atoms with E-state index in [4.69, 9.17) is 11.6 Å². The highest BCUT2D eigenvalue weighted by molar-refractivity contribution is 6.31. The lowest BCUT2D eigenvalue weighted by Crippen LogP contribution is -2.37. The Morgan fingerprint density at radius 2 is 2.25 bits per heavy atom. The summed E-state index contributed by atoms with van der Waals surface area (Å²) in [6.07, 6.45) is 1.71. The molecule has 0 radical (unpaired) electrons. The summed E-state index contributed by atoms with van der Waals surface area (Å²) in [5.41, 5.74) is 0.573. The summed E-state index contributed by atoms with van der Waals surface area (Å²) >= 11 is 5.79. The fourth-order valence-electron chi connectivity index (χ4n) is 1.19. The number of hydrogen-bond donors (Lipinski definition) is 2. The van der Waals surface area contributed by atoms with Gasteiger partial charge in [-0.1, -0.05) is 11.6 Å². The number of aromatic nitrogens is 1. The molecule has 1 aromatic heterocycles. The molecule has 2 N–H and O–H groups in total. The predicted octanol–water partition coefficient (Wildman–Crippen LogP) is 1.44. The molecule has 1 amide bonds. The first kappa shape index (κ1) is 15.3. The zero-order valence-corrected chi connectivity index (χ0v) is 11.2. The summed E-state index contributed by atoms with van der Waals surface area (Å²) in [7, 11) is 3.65. The van der Waals surface area contributed by atoms with Gasteiger partial charge in [-0.05, 0) is 20.0 Å². The molecule has 0 bridgehead atoms. The Hall–Kier alpha value is -0.710. The molecule has 0 aliphatic carbocycles. The second kappa shape index (κ2) is 6.78. The largest absolute Gasteiger partial charge is 0.349 e. The highest BCUT2D eigenvalue weighted by atomic mass is 35.5. The van der Waals surface area contributed by atoms with Gasteiger partial charge in [-0.2, -0.15) is 0 Å². The van der Waals surface area contributed by atoms with Crippen LogP contribution in [0.25, 0.3) is 0 Å². The summed E-state index contributed by atoms with van der Waals surface area (Å²) in [5.74, 6) is -0.105. The number of nitrogens with zero attached hydrogens (tertiary/aromatic N) is 1. The summed E-state index contributed by atoms with van der Waals surface area (Å²) in [4.78, 5) is 11.7. The van der Waals surface area contributed by atoms with Crippen LogP contribution in [0, 0.1) is 0 Å². The van der Waals surface area contributed by atoms with Gasteiger partial charge in [0.2, 0.25) is 0 Å². The van der Waals surface area contributed by atoms with Crippen LogP contribution in [0.1, 0.15) is 17.4 Å². The van der Waals surface area contributed by atoms with Crippen LogP contribution >= 0.6 is 24.0 Å². The van der Waals surface area contributed by atoms with E-state index in [0.717, 1.165) is 0 Å². The van der Waals surface area contributed by atoms with Gasteiger partial charge in [-0.3, -0.25) is 4.79 Å². The lowest BCUT2D eigenvalue weighted by atomic mass is 10.3. The van der Waals surface area contributed by atoms with Crippen LogP contribution in [0.5, 0.6) is 0 Å². The van der Waals surface area contributed by atoms with E-state index in [1.54, 1.807) is 23.9 Å². The molecule has 92 valence electrons. The third kappa shape index (κ3) is 4.04. The molecule has 6 heteroatoms. The summed E-state index contributed by atoms with van der Waals surface area (Å²) in [5, 5.41) is 6.44. The van der Waals surface area contributed by atoms with Crippen molar-refractivity contribution in [2.24, 2.45) is 7.05 Å². The monoisotopic (exact) mass is 265 g/mol. The minimum Gasteiger partial charge on any atom is -0.349 e. The van der Waals surface area contributed by atoms with Gasteiger partial charge in [-0.15, -0.1) is 12.4 Å². The van der Waals surface area contributed by atoms with Gasteiger partial charge in [0, 0.05) is 25.8 Å². The van der Waals surface area contributed by atoms with E-state index in [9.17, 15) is 4.79 Å². The molecule has 0 fully saturated rings. The number of hydrogen-bond acceptors (Lipinski definition) is 2. The number of carbonyl (C=O) groups excluding carboxylic acids is 1. The Kier molecular flexibility index (Phi) is 6.48. The maximum Gasteiger partial charge on any atom is 0.268 e. The smallest absolute Gasteiger partial charge is 0.268 e. The topological polar surface area (TPSA) is 46.1 Å². The summed E-state index contributed by atoms with van der Waals surface area (Å²) in [6.45, 7) is 2.59. The first-order valence-corrected chi connectivity index (χ1v) is 5.19. The number of rotatable bonds is 4. The average Bonchev–Trinajstić information content (AvgIpc) is 2.53. The Morgan fingerprint density at radius 1 is 1.62 bits per heavy atom. The minimum atomic E-state index is -0.105. The zero-order chi connectivity index (χ0) is 11.4. The van der Waals surface area contributed by atoms with Crippen LogP contribution in [-0.4, -0.2) is 30.1 Å². The molecule has 1 rings (SSSR count). The number of aryl methyl sites for hydroxylation is 1. The van der Waals surface area contributed by atoms with Gasteiger partial charge in [-0.25, -0.2) is 0 Å². The Balaban J connectivity index is 0.00000225. The van der Waals surface area contributed by atoms with Crippen LogP contribution in [0.2, 0.25) is 5.02 Å². The third-order valence-corrected chi connectivity index (χ3v) is 2.47. The van der Waals surface area contributed by atoms with Gasteiger partial charge in [0.05, 0.1) is 5.02 Å². The van der Waals surface area contributed by atoms with E-state index in [-0.39, 0.29) is 24.4 Å². The Bertz CT molecular complexity index is 352. The molecule has 1 aromatic rings. The molecule has 0 aliphatic heterocycles. The van der Waals surface area contributed by atoms with Crippen molar-refractivity contribution < 1.29 is 4.79 Å². The third-order valence-electron chi connectivity index (χ3n) is 2.27. The van der Waals surface area contributed by atoms with Gasteiger partial charge in [0.1, 0.15) is 5.69 Å². The number of nitrogens with one attached hydrogen (secondary N) is 2. The van der Waals surface area contributed by atoms with Crippen molar-refractivity contribution in [3.8, 4) is 0 Å². The first-order valence-electron chi connectivity index (χ1n) is 4.82. The number of carbonyl (C=O) groups is 1. The molecule has 1 unspecified atom stereocenters. The molecule has 1 heterocycles. The minimum absolute atomic E-state index is 0. The van der Waals surface area contributed by atoms with E-state index in [0.29, 0.717) is 17.3 Å². The van der Waals surface area contributed by atoms with Gasteiger partial charge >= 0.3 is 0 Å². The van der Waals surface area contributed by atoms with E-state index < -0.39 is 0 Å². The second-order valence-corrected chi connectivity index (χ2v) is 3.99. The number of likely N-dealkylation sites (N-methyl/N-ethyl adjacent to an activating group) is 1. The van der Waals surface area contributed by atoms with Crippen LogP contribution in [0.3, 0.4) is 0 Å². The molecule has 0 aromatic carbocycles. The second-order valence-electron chi connectivity index (χ2n) is 3.55. The van der Waals surface area contributed by atoms with Crippen LogP contribution < -0.4 is 10.6 Å². The molecule has 1 atom stereocenters. The summed E-state index contributed by atoms with van der Waals surface area (Å²) in [6, 6.07) is 1.91. The lowest BCUT2D eigenvalue weighted by Gasteiger charge is -2.11. The van der Waals surface area contributed by atoms with Gasteiger partial charge < -0.3 is 15.2 Å². The quantitative estimate of drug-likeness (QED) is 0.866. The van der Waals surface area contributed by atoms with Crippen molar-refractivity contribution in [2.45, 2.75) is 13.0 Å². The average molecular weight is 266 g/mol. The molecule has 0 aliphatic rings. The molecule has 16 heavy (non-hydrogen) atoms. The van der Waals surface area contributed by atoms with Gasteiger partial charge in [0.25, 0.3) is 5.91 Å². The highest BCUT2D eigenvalue weighted by Gasteiger charge is 2.11. The van der Waals surface area contributed by atoms with Crippen LogP contribution in [0.4, 0.5) is 0 Å². The predicted molar refractivity (Wildman–Crippen MR) is 68.5 cm³/mol. The maximum atomic E-state index is 11.7. The fourth-order valence-corrected chi connectivity index (χ4v) is 1.44. The maximum absolute atomic E-state index is 11.7. The summed E-state index contributed by atoms with van der Waals surface area (Å²) < 4.78 is 1.71. The standard InChI is InChI=1S/C10H16ClN3O.ClH/c1-7(12-2)5-13-10(15)9-4-8(11)6-14(9)3;/h4,6-7,12H,5H2,1-3H3,(H,13,15);1H. The zero-order valence-electron chi connectivity index (χ0n) is 9.58. The highest BCUT2D eigenvalue weighted by Crippen LogP contribution is 2.12. The molecule has 4 nitrogen and oxygen atoms in total. The lowest BCUT2D eigenvalue weighted by molar-refractivity contribution is 0.0942. The van der Waals surface area contributed by atoms with Crippen LogP contribution in [0.15, 0.2) is 12.3 Å². The van der Waals surface area contributed by atoms with E-state index in [1.807, 2.05) is 14.0 Å². The molecular weight excluding hydrogens is 249 g/mol. The SMILES string of the molecule is CNC(C)CNC(=O)c1cc(Cl)cn1C.Cl. The van der Waals surface area contributed by atoms with Crippen molar-refractivity contribution in [1.82, 2.24) is 15.2 Å². The number of amides is 1. The van der Waals surface area contributed by atoms with Crippen LogP contribution in [-0.2, 0) is 7.05 Å². The fraction of sp³-hybridized carbons (Fsp3) is 0.500. The first-order chi connectivity index (χ1) is 7.04. The van der Waals surface area contributed by atoms with Crippen molar-refractivity contribution in [3.05, 3.63) is 23.0 Å². The van der Waals surface area contributed by atoms with Gasteiger partial charge in [0.15, 0.2) is 0 Å². The normalized spacial score (nSPS) is 11.8. The Labute approximate surface area is 107 Å². The number of halogens is 2. The molecule has 0 saturated carbocycles. The van der Waals surface area contributed by atoms with E-state index >= 15 is 0 Å². The van der Waals surface area contributed by atoms with Crippen molar-refractivity contribution in [3.63, 3.8) is 0 Å². The molecule has 0 saturated heterocycles. The van der Waals surface area contributed by atoms with Crippen molar-refractivity contribution in [2.75, 3.05) is 13.6 Å².